The normalized spacial score (nSPS) is 13.8. The number of carboxylic acids is 1. The van der Waals surface area contributed by atoms with E-state index in [1.807, 2.05) is 0 Å². The predicted molar refractivity (Wildman–Crippen MR) is 60.7 cm³/mol. The van der Waals surface area contributed by atoms with E-state index in [9.17, 15) is 9.90 Å². The molecule has 0 saturated carbocycles. The van der Waals surface area contributed by atoms with E-state index in [1.165, 1.54) is 12.1 Å². The molecule has 0 fully saturated rings. The first-order chi connectivity index (χ1) is 8.06. The SMILES string of the molecule is C=CCOc1ccc(C(O)C(O)C(=O)O)cc1. The molecule has 2 atom stereocenters. The minimum atomic E-state index is -1.84. The lowest BCUT2D eigenvalue weighted by Gasteiger charge is -2.14. The standard InChI is InChI=1S/C12H14O5/c1-2-7-17-9-5-3-8(4-6-9)10(13)11(14)12(15)16/h2-6,10-11,13-14H,1,7H2,(H,15,16). The van der Waals surface area contributed by atoms with Crippen molar-refractivity contribution in [2.24, 2.45) is 0 Å². The third kappa shape index (κ3) is 3.58. The second-order valence-electron chi connectivity index (χ2n) is 3.40. The summed E-state index contributed by atoms with van der Waals surface area (Å²) in [5, 5.41) is 27.2. The van der Waals surface area contributed by atoms with E-state index in [4.69, 9.17) is 14.9 Å². The van der Waals surface area contributed by atoms with Crippen molar-refractivity contribution in [1.82, 2.24) is 0 Å². The first kappa shape index (κ1) is 13.2. The van der Waals surface area contributed by atoms with Crippen molar-refractivity contribution in [3.63, 3.8) is 0 Å². The van der Waals surface area contributed by atoms with Gasteiger partial charge in [0, 0.05) is 0 Å². The predicted octanol–water partition coefficient (Wildman–Crippen LogP) is 0.730. The lowest BCUT2D eigenvalue weighted by Crippen LogP contribution is -2.27. The molecule has 0 saturated heterocycles. The summed E-state index contributed by atoms with van der Waals surface area (Å²) >= 11 is 0. The zero-order valence-electron chi connectivity index (χ0n) is 9.11. The first-order valence-corrected chi connectivity index (χ1v) is 4.99. The molecule has 2 unspecified atom stereocenters. The van der Waals surface area contributed by atoms with Crippen molar-refractivity contribution in [1.29, 1.82) is 0 Å². The average Bonchev–Trinajstić information content (AvgIpc) is 2.35. The van der Waals surface area contributed by atoms with Crippen molar-refractivity contribution >= 4 is 5.97 Å². The second kappa shape index (κ2) is 6.03. The highest BCUT2D eigenvalue weighted by Gasteiger charge is 2.24. The Labute approximate surface area is 98.6 Å². The van der Waals surface area contributed by atoms with Crippen LogP contribution in [0.15, 0.2) is 36.9 Å². The van der Waals surface area contributed by atoms with E-state index >= 15 is 0 Å². The Morgan fingerprint density at radius 3 is 2.41 bits per heavy atom. The molecule has 0 spiro atoms. The van der Waals surface area contributed by atoms with Gasteiger partial charge in [-0.1, -0.05) is 24.8 Å². The Hall–Kier alpha value is -1.85. The number of carbonyl (C=O) groups is 1. The monoisotopic (exact) mass is 238 g/mol. The summed E-state index contributed by atoms with van der Waals surface area (Å²) in [7, 11) is 0. The number of hydrogen-bond donors (Lipinski definition) is 3. The summed E-state index contributed by atoms with van der Waals surface area (Å²) in [6.07, 6.45) is -1.70. The highest BCUT2D eigenvalue weighted by Crippen LogP contribution is 2.20. The van der Waals surface area contributed by atoms with Gasteiger partial charge >= 0.3 is 5.97 Å². The quantitative estimate of drug-likeness (QED) is 0.636. The molecule has 17 heavy (non-hydrogen) atoms. The van der Waals surface area contributed by atoms with E-state index in [1.54, 1.807) is 18.2 Å². The van der Waals surface area contributed by atoms with Gasteiger partial charge in [0.05, 0.1) is 0 Å². The van der Waals surface area contributed by atoms with E-state index in [2.05, 4.69) is 6.58 Å². The zero-order valence-corrected chi connectivity index (χ0v) is 9.11. The second-order valence-corrected chi connectivity index (χ2v) is 3.40. The third-order valence-electron chi connectivity index (χ3n) is 2.14. The molecule has 0 bridgehead atoms. The molecule has 5 nitrogen and oxygen atoms in total. The van der Waals surface area contributed by atoms with Crippen LogP contribution in [0.5, 0.6) is 5.75 Å². The third-order valence-corrected chi connectivity index (χ3v) is 2.14. The van der Waals surface area contributed by atoms with Gasteiger partial charge in [0.25, 0.3) is 0 Å². The van der Waals surface area contributed by atoms with Crippen molar-refractivity contribution in [3.8, 4) is 5.75 Å². The Kier molecular flexibility index (Phi) is 4.68. The van der Waals surface area contributed by atoms with Crippen LogP contribution < -0.4 is 4.74 Å². The summed E-state index contributed by atoms with van der Waals surface area (Å²) in [6, 6.07) is 6.15. The van der Waals surface area contributed by atoms with Crippen LogP contribution >= 0.6 is 0 Å². The molecule has 5 heteroatoms. The molecule has 1 aromatic rings. The van der Waals surface area contributed by atoms with Crippen molar-refractivity contribution in [2.45, 2.75) is 12.2 Å². The first-order valence-electron chi connectivity index (χ1n) is 4.99. The van der Waals surface area contributed by atoms with E-state index < -0.39 is 18.2 Å². The van der Waals surface area contributed by atoms with Gasteiger partial charge in [0.15, 0.2) is 6.10 Å². The van der Waals surface area contributed by atoms with Crippen LogP contribution in [0.2, 0.25) is 0 Å². The Morgan fingerprint density at radius 2 is 1.94 bits per heavy atom. The lowest BCUT2D eigenvalue weighted by atomic mass is 10.0. The number of benzene rings is 1. The van der Waals surface area contributed by atoms with Crippen LogP contribution in [0, 0.1) is 0 Å². The summed E-state index contributed by atoms with van der Waals surface area (Å²) in [6.45, 7) is 3.86. The molecule has 1 aromatic carbocycles. The summed E-state index contributed by atoms with van der Waals surface area (Å²) in [4.78, 5) is 10.5. The van der Waals surface area contributed by atoms with Gasteiger partial charge in [-0.2, -0.15) is 0 Å². The maximum Gasteiger partial charge on any atom is 0.335 e. The van der Waals surface area contributed by atoms with Crippen LogP contribution in [0.25, 0.3) is 0 Å². The average molecular weight is 238 g/mol. The number of carboxylic acid groups (broad SMARTS) is 1. The molecule has 0 aliphatic rings. The highest BCUT2D eigenvalue weighted by molar-refractivity contribution is 5.73. The molecule has 3 N–H and O–H groups in total. The fourth-order valence-electron chi connectivity index (χ4n) is 1.23. The van der Waals surface area contributed by atoms with Gasteiger partial charge in [0.2, 0.25) is 0 Å². The maximum absolute atomic E-state index is 10.5. The molecule has 0 aliphatic heterocycles. The topological polar surface area (TPSA) is 87.0 Å². The Balaban J connectivity index is 2.73. The number of ether oxygens (including phenoxy) is 1. The van der Waals surface area contributed by atoms with Gasteiger partial charge in [-0.05, 0) is 17.7 Å². The number of aliphatic hydroxyl groups excluding tert-OH is 2. The van der Waals surface area contributed by atoms with Gasteiger partial charge in [-0.3, -0.25) is 0 Å². The molecule has 0 heterocycles. The van der Waals surface area contributed by atoms with Crippen molar-refractivity contribution < 1.29 is 24.9 Å². The van der Waals surface area contributed by atoms with Gasteiger partial charge < -0.3 is 20.1 Å². The molecule has 92 valence electrons. The molecule has 1 rings (SSSR count). The lowest BCUT2D eigenvalue weighted by molar-refractivity contribution is -0.153. The van der Waals surface area contributed by atoms with Crippen LogP contribution in [0.1, 0.15) is 11.7 Å². The minimum absolute atomic E-state index is 0.311. The molecule has 0 radical (unpaired) electrons. The van der Waals surface area contributed by atoms with Crippen LogP contribution in [-0.2, 0) is 4.79 Å². The van der Waals surface area contributed by atoms with Crippen LogP contribution in [0.4, 0.5) is 0 Å². The number of aliphatic hydroxyl groups is 2. The molecular weight excluding hydrogens is 224 g/mol. The summed E-state index contributed by atoms with van der Waals surface area (Å²) in [5.41, 5.74) is 0.311. The summed E-state index contributed by atoms with van der Waals surface area (Å²) in [5.74, 6) is -0.893. The fraction of sp³-hybridized carbons (Fsp3) is 0.250. The number of aliphatic carboxylic acids is 1. The number of hydrogen-bond acceptors (Lipinski definition) is 4. The largest absolute Gasteiger partial charge is 0.490 e. The minimum Gasteiger partial charge on any atom is -0.490 e. The highest BCUT2D eigenvalue weighted by atomic mass is 16.5. The van der Waals surface area contributed by atoms with Crippen LogP contribution in [0.3, 0.4) is 0 Å². The van der Waals surface area contributed by atoms with Gasteiger partial charge in [-0.25, -0.2) is 4.79 Å². The van der Waals surface area contributed by atoms with Gasteiger partial charge in [0.1, 0.15) is 18.5 Å². The van der Waals surface area contributed by atoms with E-state index in [0.717, 1.165) is 0 Å². The van der Waals surface area contributed by atoms with E-state index in [0.29, 0.717) is 17.9 Å². The van der Waals surface area contributed by atoms with Gasteiger partial charge in [-0.15, -0.1) is 0 Å². The van der Waals surface area contributed by atoms with Crippen molar-refractivity contribution in [2.75, 3.05) is 6.61 Å². The Bertz CT molecular complexity index is 384. The summed E-state index contributed by atoms with van der Waals surface area (Å²) < 4.78 is 5.22. The van der Waals surface area contributed by atoms with Crippen molar-refractivity contribution in [3.05, 3.63) is 42.5 Å². The molecule has 0 aromatic heterocycles. The molecular formula is C12H14O5. The molecule has 0 amide bonds. The van der Waals surface area contributed by atoms with Crippen LogP contribution in [-0.4, -0.2) is 34.0 Å². The van der Waals surface area contributed by atoms with E-state index in [-0.39, 0.29) is 0 Å². The number of rotatable bonds is 6. The molecule has 0 aliphatic carbocycles. The maximum atomic E-state index is 10.5. The smallest absolute Gasteiger partial charge is 0.335 e. The Morgan fingerprint density at radius 1 is 1.35 bits per heavy atom. The fourth-order valence-corrected chi connectivity index (χ4v) is 1.23. The zero-order chi connectivity index (χ0) is 12.8.